The van der Waals surface area contributed by atoms with E-state index in [1.54, 1.807) is 37.2 Å². The van der Waals surface area contributed by atoms with Crippen LogP contribution in [0.5, 0.6) is 0 Å². The predicted octanol–water partition coefficient (Wildman–Crippen LogP) is 5.99. The SMILES string of the molecule is C=C(C)c1c(C(=O)NC)c2cc(N3CCCc4cc(-c5cnn(C)c5)c(C(F)F)cc43)ccc2n1C. The maximum absolute atomic E-state index is 14.2. The third kappa shape index (κ3) is 3.77. The predicted molar refractivity (Wildman–Crippen MR) is 140 cm³/mol. The number of hydrogen-bond acceptors (Lipinski definition) is 3. The van der Waals surface area contributed by atoms with E-state index in [1.165, 1.54) is 0 Å². The Kier molecular flexibility index (Phi) is 5.90. The Balaban J connectivity index is 1.68. The highest BCUT2D eigenvalue weighted by Crippen LogP contribution is 2.42. The number of aromatic nitrogens is 3. The zero-order valence-electron chi connectivity index (χ0n) is 20.9. The molecule has 3 heterocycles. The Hall–Kier alpha value is -3.94. The quantitative estimate of drug-likeness (QED) is 0.375. The highest BCUT2D eigenvalue weighted by molar-refractivity contribution is 6.11. The Morgan fingerprint density at radius 3 is 2.61 bits per heavy atom. The first-order chi connectivity index (χ1) is 17.2. The number of nitrogens with one attached hydrogen (secondary N) is 1. The fourth-order valence-corrected chi connectivity index (χ4v) is 5.36. The van der Waals surface area contributed by atoms with Gasteiger partial charge in [0.25, 0.3) is 12.3 Å². The minimum Gasteiger partial charge on any atom is -0.355 e. The summed E-state index contributed by atoms with van der Waals surface area (Å²) in [5, 5.41) is 7.72. The fourth-order valence-electron chi connectivity index (χ4n) is 5.36. The van der Waals surface area contributed by atoms with Gasteiger partial charge in [-0.2, -0.15) is 5.10 Å². The number of hydrogen-bond donors (Lipinski definition) is 1. The molecule has 0 saturated carbocycles. The van der Waals surface area contributed by atoms with Crippen molar-refractivity contribution in [1.29, 1.82) is 0 Å². The molecule has 1 aliphatic rings. The minimum absolute atomic E-state index is 0.00921. The molecule has 8 heteroatoms. The van der Waals surface area contributed by atoms with Gasteiger partial charge >= 0.3 is 0 Å². The number of anilines is 2. The van der Waals surface area contributed by atoms with E-state index in [4.69, 9.17) is 0 Å². The average Bonchev–Trinajstić information content (AvgIpc) is 3.42. The highest BCUT2D eigenvalue weighted by Gasteiger charge is 2.26. The molecule has 36 heavy (non-hydrogen) atoms. The van der Waals surface area contributed by atoms with Crippen molar-refractivity contribution < 1.29 is 13.6 Å². The molecular formula is C28H29F2N5O. The number of aryl methyl sites for hydroxylation is 3. The summed E-state index contributed by atoms with van der Waals surface area (Å²) >= 11 is 0. The summed E-state index contributed by atoms with van der Waals surface area (Å²) in [5.74, 6) is -0.184. The first-order valence-electron chi connectivity index (χ1n) is 11.9. The van der Waals surface area contributed by atoms with Gasteiger partial charge in [0.15, 0.2) is 0 Å². The van der Waals surface area contributed by atoms with E-state index < -0.39 is 6.43 Å². The third-order valence-corrected chi connectivity index (χ3v) is 6.97. The zero-order valence-corrected chi connectivity index (χ0v) is 20.9. The number of fused-ring (bicyclic) bond motifs is 2. The van der Waals surface area contributed by atoms with Gasteiger partial charge in [-0.3, -0.25) is 9.48 Å². The lowest BCUT2D eigenvalue weighted by atomic mass is 9.92. The summed E-state index contributed by atoms with van der Waals surface area (Å²) in [6.45, 7) is 6.65. The van der Waals surface area contributed by atoms with Crippen molar-refractivity contribution >= 4 is 33.8 Å². The molecule has 0 aliphatic carbocycles. The van der Waals surface area contributed by atoms with Gasteiger partial charge < -0.3 is 14.8 Å². The summed E-state index contributed by atoms with van der Waals surface area (Å²) in [5.41, 5.74) is 6.91. The van der Waals surface area contributed by atoms with Crippen molar-refractivity contribution in [2.75, 3.05) is 18.5 Å². The summed E-state index contributed by atoms with van der Waals surface area (Å²) in [4.78, 5) is 15.0. The maximum Gasteiger partial charge on any atom is 0.264 e. The number of carbonyl (C=O) groups is 1. The normalized spacial score (nSPS) is 13.4. The molecule has 0 atom stereocenters. The largest absolute Gasteiger partial charge is 0.355 e. The second-order valence-electron chi connectivity index (χ2n) is 9.37. The molecule has 0 bridgehead atoms. The molecule has 1 N–H and O–H groups in total. The van der Waals surface area contributed by atoms with Gasteiger partial charge in [0, 0.05) is 67.3 Å². The molecule has 2 aromatic heterocycles. The van der Waals surface area contributed by atoms with Gasteiger partial charge in [0.05, 0.1) is 17.5 Å². The van der Waals surface area contributed by atoms with Gasteiger partial charge in [0.1, 0.15) is 0 Å². The van der Waals surface area contributed by atoms with Gasteiger partial charge in [-0.1, -0.05) is 6.58 Å². The van der Waals surface area contributed by atoms with Crippen molar-refractivity contribution in [1.82, 2.24) is 19.7 Å². The fraction of sp³-hybridized carbons (Fsp3) is 0.286. The second-order valence-corrected chi connectivity index (χ2v) is 9.37. The van der Waals surface area contributed by atoms with E-state index in [1.807, 2.05) is 42.8 Å². The van der Waals surface area contributed by atoms with Crippen LogP contribution in [0.25, 0.3) is 27.6 Å². The Morgan fingerprint density at radius 1 is 1.19 bits per heavy atom. The molecule has 0 radical (unpaired) electrons. The van der Waals surface area contributed by atoms with E-state index in [-0.39, 0.29) is 11.5 Å². The molecular weight excluding hydrogens is 460 g/mol. The van der Waals surface area contributed by atoms with Crippen molar-refractivity contribution in [2.24, 2.45) is 14.1 Å². The van der Waals surface area contributed by atoms with Crippen LogP contribution in [-0.4, -0.2) is 33.8 Å². The van der Waals surface area contributed by atoms with E-state index in [0.29, 0.717) is 23.2 Å². The summed E-state index contributed by atoms with van der Waals surface area (Å²) in [6, 6.07) is 9.46. The summed E-state index contributed by atoms with van der Waals surface area (Å²) in [7, 11) is 5.31. The summed E-state index contributed by atoms with van der Waals surface area (Å²) in [6.07, 6.45) is 2.46. The van der Waals surface area contributed by atoms with Crippen molar-refractivity contribution in [3.63, 3.8) is 0 Å². The number of nitrogens with zero attached hydrogens (tertiary/aromatic N) is 4. The van der Waals surface area contributed by atoms with Gasteiger partial charge in [0.2, 0.25) is 0 Å². The van der Waals surface area contributed by atoms with Crippen LogP contribution in [0.3, 0.4) is 0 Å². The standard InChI is InChI=1S/C28H29F2N5O/c1-16(2)26-25(28(36)31-3)22-12-19(8-9-23(22)34(26)5)35-10-6-7-17-11-20(18-14-32-33(4)15-18)21(27(29)30)13-24(17)35/h8-9,11-15,27H,1,6-7,10H2,2-5H3,(H,31,36). The van der Waals surface area contributed by atoms with Crippen LogP contribution in [0.2, 0.25) is 0 Å². The number of amides is 1. The van der Waals surface area contributed by atoms with Gasteiger partial charge in [-0.05, 0) is 66.8 Å². The zero-order chi connectivity index (χ0) is 25.7. The van der Waals surface area contributed by atoms with Crippen LogP contribution in [-0.2, 0) is 20.5 Å². The first-order valence-corrected chi connectivity index (χ1v) is 11.9. The molecule has 1 amide bonds. The van der Waals surface area contributed by atoms with E-state index >= 15 is 0 Å². The Morgan fingerprint density at radius 2 is 1.97 bits per heavy atom. The second kappa shape index (κ2) is 8.93. The van der Waals surface area contributed by atoms with Gasteiger partial charge in [-0.25, -0.2) is 8.78 Å². The van der Waals surface area contributed by atoms with Crippen molar-refractivity contribution in [2.45, 2.75) is 26.2 Å². The Labute approximate surface area is 208 Å². The third-order valence-electron chi connectivity index (χ3n) is 6.97. The highest BCUT2D eigenvalue weighted by atomic mass is 19.3. The summed E-state index contributed by atoms with van der Waals surface area (Å²) < 4.78 is 32.1. The number of alkyl halides is 2. The van der Waals surface area contributed by atoms with Crippen LogP contribution in [0, 0.1) is 0 Å². The molecule has 2 aromatic carbocycles. The van der Waals surface area contributed by atoms with E-state index in [2.05, 4.69) is 21.9 Å². The topological polar surface area (TPSA) is 55.1 Å². The smallest absolute Gasteiger partial charge is 0.264 e. The molecule has 4 aromatic rings. The molecule has 5 rings (SSSR count). The molecule has 6 nitrogen and oxygen atoms in total. The minimum atomic E-state index is -2.62. The monoisotopic (exact) mass is 489 g/mol. The molecule has 1 aliphatic heterocycles. The van der Waals surface area contributed by atoms with E-state index in [0.717, 1.165) is 51.9 Å². The lowest BCUT2D eigenvalue weighted by molar-refractivity contribution is 0.0964. The number of rotatable bonds is 5. The average molecular weight is 490 g/mol. The van der Waals surface area contributed by atoms with Crippen molar-refractivity contribution in [3.8, 4) is 11.1 Å². The van der Waals surface area contributed by atoms with Gasteiger partial charge in [-0.15, -0.1) is 0 Å². The van der Waals surface area contributed by atoms with Crippen LogP contribution in [0.15, 0.2) is 49.3 Å². The lowest BCUT2D eigenvalue weighted by Gasteiger charge is -2.32. The number of benzene rings is 2. The van der Waals surface area contributed by atoms with Crippen LogP contribution >= 0.6 is 0 Å². The molecule has 186 valence electrons. The Bertz CT molecular complexity index is 1510. The maximum atomic E-state index is 14.2. The number of halogens is 2. The van der Waals surface area contributed by atoms with Crippen LogP contribution in [0.1, 0.15) is 46.9 Å². The van der Waals surface area contributed by atoms with Crippen LogP contribution in [0.4, 0.5) is 20.2 Å². The molecule has 0 fully saturated rings. The molecule has 0 unspecified atom stereocenters. The van der Waals surface area contributed by atoms with Crippen molar-refractivity contribution in [3.05, 3.63) is 71.7 Å². The number of allylic oxidation sites excluding steroid dienone is 1. The van der Waals surface area contributed by atoms with Crippen LogP contribution < -0.4 is 10.2 Å². The number of carbonyl (C=O) groups excluding carboxylic acids is 1. The first kappa shape index (κ1) is 23.8. The molecule has 0 saturated heterocycles. The molecule has 0 spiro atoms. The van der Waals surface area contributed by atoms with E-state index in [9.17, 15) is 13.6 Å². The lowest BCUT2D eigenvalue weighted by Crippen LogP contribution is -2.25.